The van der Waals surface area contributed by atoms with Gasteiger partial charge in [-0.3, -0.25) is 9.59 Å². The van der Waals surface area contributed by atoms with Crippen molar-refractivity contribution in [2.45, 2.75) is 12.8 Å². The molecule has 0 atom stereocenters. The lowest BCUT2D eigenvalue weighted by atomic mass is 10.1. The Morgan fingerprint density at radius 2 is 1.77 bits per heavy atom. The van der Waals surface area contributed by atoms with E-state index in [1.165, 1.54) is 0 Å². The quantitative estimate of drug-likeness (QED) is 0.584. The summed E-state index contributed by atoms with van der Waals surface area (Å²) in [5, 5.41) is -0.374. The molecule has 0 aliphatic heterocycles. The molecule has 1 rings (SSSR count). The molecular formula is C10H10O2S. The van der Waals surface area contributed by atoms with Crippen molar-refractivity contribution in [3.8, 4) is 0 Å². The molecule has 1 aromatic rings. The van der Waals surface area contributed by atoms with E-state index in [-0.39, 0.29) is 17.3 Å². The van der Waals surface area contributed by atoms with Crippen molar-refractivity contribution >= 4 is 23.5 Å². The third-order valence-corrected chi connectivity index (χ3v) is 1.75. The Bertz CT molecular complexity index is 306. The molecule has 68 valence electrons. The van der Waals surface area contributed by atoms with E-state index in [0.29, 0.717) is 6.42 Å². The van der Waals surface area contributed by atoms with E-state index in [2.05, 4.69) is 12.6 Å². The van der Waals surface area contributed by atoms with Crippen molar-refractivity contribution in [3.63, 3.8) is 0 Å². The van der Waals surface area contributed by atoms with Gasteiger partial charge in [-0.25, -0.2) is 0 Å². The third kappa shape index (κ3) is 3.90. The number of carbonyl (C=O) groups is 2. The largest absolute Gasteiger partial charge is 0.299 e. The normalized spacial score (nSPS) is 9.62. The molecule has 0 saturated heterocycles. The summed E-state index contributed by atoms with van der Waals surface area (Å²) in [6.45, 7) is 0. The number of carbonyl (C=O) groups excluding carboxylic acids is 2. The molecule has 2 nitrogen and oxygen atoms in total. The fraction of sp³-hybridized carbons (Fsp3) is 0.200. The number of hydrogen-bond donors (Lipinski definition) is 1. The predicted octanol–water partition coefficient (Wildman–Crippen LogP) is 1.64. The minimum atomic E-state index is -0.374. The van der Waals surface area contributed by atoms with Crippen LogP contribution in [-0.4, -0.2) is 10.9 Å². The third-order valence-electron chi connectivity index (χ3n) is 1.59. The Morgan fingerprint density at radius 1 is 1.15 bits per heavy atom. The summed E-state index contributed by atoms with van der Waals surface area (Å²) in [4.78, 5) is 21.6. The van der Waals surface area contributed by atoms with Gasteiger partial charge >= 0.3 is 0 Å². The molecule has 0 heterocycles. The van der Waals surface area contributed by atoms with Gasteiger partial charge in [0, 0.05) is 6.42 Å². The van der Waals surface area contributed by atoms with Crippen molar-refractivity contribution in [2.75, 3.05) is 0 Å². The van der Waals surface area contributed by atoms with Crippen LogP contribution in [0.3, 0.4) is 0 Å². The van der Waals surface area contributed by atoms with E-state index < -0.39 is 0 Å². The summed E-state index contributed by atoms with van der Waals surface area (Å²) in [5.41, 5.74) is 0.932. The van der Waals surface area contributed by atoms with Gasteiger partial charge in [-0.2, -0.15) is 0 Å². The number of benzene rings is 1. The highest BCUT2D eigenvalue weighted by Gasteiger charge is 2.06. The molecule has 3 heteroatoms. The molecule has 0 radical (unpaired) electrons. The molecule has 0 aromatic heterocycles. The van der Waals surface area contributed by atoms with Gasteiger partial charge in [0.2, 0.25) is 0 Å². The molecule has 0 unspecified atom stereocenters. The van der Waals surface area contributed by atoms with Crippen LogP contribution in [0.4, 0.5) is 0 Å². The Hall–Kier alpha value is -1.09. The summed E-state index contributed by atoms with van der Waals surface area (Å²) >= 11 is 3.54. The summed E-state index contributed by atoms with van der Waals surface area (Å²) in [5.74, 6) is -0.0915. The van der Waals surface area contributed by atoms with Crippen molar-refractivity contribution < 1.29 is 9.59 Å². The van der Waals surface area contributed by atoms with Gasteiger partial charge in [-0.15, -0.1) is 12.6 Å². The second-order valence-electron chi connectivity index (χ2n) is 2.77. The van der Waals surface area contributed by atoms with Crippen LogP contribution in [0.25, 0.3) is 0 Å². The fourth-order valence-corrected chi connectivity index (χ4v) is 1.23. The van der Waals surface area contributed by atoms with Crippen LogP contribution in [0.5, 0.6) is 0 Å². The van der Waals surface area contributed by atoms with Gasteiger partial charge in [0.1, 0.15) is 5.78 Å². The van der Waals surface area contributed by atoms with E-state index >= 15 is 0 Å². The molecule has 0 spiro atoms. The summed E-state index contributed by atoms with van der Waals surface area (Å²) in [6, 6.07) is 9.34. The molecule has 1 aromatic carbocycles. The Kier molecular flexibility index (Phi) is 3.71. The van der Waals surface area contributed by atoms with Crippen molar-refractivity contribution in [1.29, 1.82) is 0 Å². The lowest BCUT2D eigenvalue weighted by Crippen LogP contribution is -2.05. The van der Waals surface area contributed by atoms with E-state index in [0.717, 1.165) is 5.56 Å². The van der Waals surface area contributed by atoms with Crippen molar-refractivity contribution in [1.82, 2.24) is 0 Å². The minimum absolute atomic E-state index is 0.0853. The minimum Gasteiger partial charge on any atom is -0.299 e. The Balaban J connectivity index is 2.50. The molecule has 0 aliphatic carbocycles. The Morgan fingerprint density at radius 3 is 2.31 bits per heavy atom. The van der Waals surface area contributed by atoms with E-state index in [1.54, 1.807) is 0 Å². The van der Waals surface area contributed by atoms with Crippen LogP contribution >= 0.6 is 12.6 Å². The predicted molar refractivity (Wildman–Crippen MR) is 53.8 cm³/mol. The van der Waals surface area contributed by atoms with Crippen LogP contribution in [0.2, 0.25) is 0 Å². The zero-order valence-electron chi connectivity index (χ0n) is 7.06. The maximum absolute atomic E-state index is 11.2. The van der Waals surface area contributed by atoms with Crippen LogP contribution in [-0.2, 0) is 16.0 Å². The SMILES string of the molecule is O=C(S)CC(=O)Cc1ccccc1. The van der Waals surface area contributed by atoms with Gasteiger partial charge in [-0.05, 0) is 5.56 Å². The molecular weight excluding hydrogens is 184 g/mol. The first-order valence-corrected chi connectivity index (χ1v) is 4.40. The highest BCUT2D eigenvalue weighted by atomic mass is 32.1. The number of hydrogen-bond acceptors (Lipinski definition) is 2. The highest BCUT2D eigenvalue weighted by molar-refractivity contribution is 7.96. The second kappa shape index (κ2) is 4.82. The van der Waals surface area contributed by atoms with Gasteiger partial charge in [0.15, 0.2) is 5.12 Å². The zero-order chi connectivity index (χ0) is 9.68. The smallest absolute Gasteiger partial charge is 0.193 e. The number of ketones is 1. The average molecular weight is 194 g/mol. The number of Topliss-reactive ketones (excluding diaryl/α,β-unsaturated/α-hetero) is 1. The molecule has 0 N–H and O–H groups in total. The maximum atomic E-state index is 11.2. The summed E-state index contributed by atoms with van der Waals surface area (Å²) in [6.07, 6.45) is 0.227. The van der Waals surface area contributed by atoms with E-state index in [9.17, 15) is 9.59 Å². The molecule has 0 amide bonds. The Labute approximate surface area is 82.4 Å². The average Bonchev–Trinajstić information content (AvgIpc) is 2.04. The van der Waals surface area contributed by atoms with Crippen LogP contribution < -0.4 is 0 Å². The van der Waals surface area contributed by atoms with Crippen LogP contribution in [0.1, 0.15) is 12.0 Å². The van der Waals surface area contributed by atoms with Gasteiger partial charge < -0.3 is 0 Å². The van der Waals surface area contributed by atoms with Crippen LogP contribution in [0, 0.1) is 0 Å². The number of thiol groups is 1. The number of rotatable bonds is 4. The van der Waals surface area contributed by atoms with Gasteiger partial charge in [-0.1, -0.05) is 30.3 Å². The zero-order valence-corrected chi connectivity index (χ0v) is 7.96. The fourth-order valence-electron chi connectivity index (χ4n) is 1.05. The monoisotopic (exact) mass is 194 g/mol. The van der Waals surface area contributed by atoms with E-state index in [1.807, 2.05) is 30.3 Å². The van der Waals surface area contributed by atoms with Gasteiger partial charge in [0.05, 0.1) is 6.42 Å². The van der Waals surface area contributed by atoms with Gasteiger partial charge in [0.25, 0.3) is 0 Å². The first-order valence-electron chi connectivity index (χ1n) is 3.96. The lowest BCUT2D eigenvalue weighted by Gasteiger charge is -1.97. The van der Waals surface area contributed by atoms with Crippen molar-refractivity contribution in [2.24, 2.45) is 0 Å². The second-order valence-corrected chi connectivity index (χ2v) is 3.27. The standard InChI is InChI=1S/C10H10O2S/c11-9(7-10(12)13)6-8-4-2-1-3-5-8/h1-5H,6-7H2,(H,12,13). The molecule has 0 saturated carbocycles. The van der Waals surface area contributed by atoms with Crippen LogP contribution in [0.15, 0.2) is 30.3 Å². The maximum Gasteiger partial charge on any atom is 0.193 e. The molecule has 13 heavy (non-hydrogen) atoms. The van der Waals surface area contributed by atoms with Crippen molar-refractivity contribution in [3.05, 3.63) is 35.9 Å². The molecule has 0 fully saturated rings. The first kappa shape index (κ1) is 9.99. The molecule has 0 aliphatic rings. The van der Waals surface area contributed by atoms with E-state index in [4.69, 9.17) is 0 Å². The topological polar surface area (TPSA) is 34.1 Å². The highest BCUT2D eigenvalue weighted by Crippen LogP contribution is 2.02. The summed E-state index contributed by atoms with van der Waals surface area (Å²) in [7, 11) is 0. The lowest BCUT2D eigenvalue weighted by molar-refractivity contribution is -0.122. The summed E-state index contributed by atoms with van der Waals surface area (Å²) < 4.78 is 0. The molecule has 0 bridgehead atoms. The first-order chi connectivity index (χ1) is 6.18.